The molecule has 0 aromatic heterocycles. The molecule has 1 fully saturated rings. The van der Waals surface area contributed by atoms with E-state index in [2.05, 4.69) is 0 Å². The second-order valence-electron chi connectivity index (χ2n) is 10.4. The van der Waals surface area contributed by atoms with Gasteiger partial charge in [0.25, 0.3) is 0 Å². The fourth-order valence-corrected chi connectivity index (χ4v) is 4.64. The maximum atomic E-state index is 13.5. The van der Waals surface area contributed by atoms with Crippen LogP contribution < -0.4 is 4.74 Å². The highest BCUT2D eigenvalue weighted by Crippen LogP contribution is 2.41. The molecule has 38 heavy (non-hydrogen) atoms. The molecular formula is C29H41F3O6. The zero-order valence-corrected chi connectivity index (χ0v) is 22.5. The fourth-order valence-electron chi connectivity index (χ4n) is 4.64. The van der Waals surface area contributed by atoms with Gasteiger partial charge in [-0.05, 0) is 56.6 Å². The number of carbonyl (C=O) groups is 1. The van der Waals surface area contributed by atoms with Gasteiger partial charge in [0.05, 0.1) is 23.9 Å². The third-order valence-corrected chi connectivity index (χ3v) is 6.54. The van der Waals surface area contributed by atoms with E-state index in [4.69, 9.17) is 9.47 Å². The summed E-state index contributed by atoms with van der Waals surface area (Å²) in [5, 5.41) is 31.3. The summed E-state index contributed by atoms with van der Waals surface area (Å²) in [5.74, 6) is -1.45. The van der Waals surface area contributed by atoms with Crippen LogP contribution in [0.2, 0.25) is 0 Å². The van der Waals surface area contributed by atoms with Gasteiger partial charge in [0.2, 0.25) is 0 Å². The summed E-state index contributed by atoms with van der Waals surface area (Å²) in [7, 11) is 0. The highest BCUT2D eigenvalue weighted by atomic mass is 19.4. The van der Waals surface area contributed by atoms with Crippen molar-refractivity contribution in [2.45, 2.75) is 96.3 Å². The Morgan fingerprint density at radius 3 is 2.47 bits per heavy atom. The van der Waals surface area contributed by atoms with Gasteiger partial charge >= 0.3 is 12.1 Å². The van der Waals surface area contributed by atoms with Crippen molar-refractivity contribution in [2.24, 2.45) is 11.8 Å². The monoisotopic (exact) mass is 542 g/mol. The molecule has 1 saturated carbocycles. The number of hydrogen-bond donors (Lipinski definition) is 3. The van der Waals surface area contributed by atoms with Crippen LogP contribution in [0.3, 0.4) is 0 Å². The van der Waals surface area contributed by atoms with Crippen molar-refractivity contribution in [1.82, 2.24) is 0 Å². The first-order valence-electron chi connectivity index (χ1n) is 13.2. The van der Waals surface area contributed by atoms with Gasteiger partial charge in [0, 0.05) is 18.8 Å². The summed E-state index contributed by atoms with van der Waals surface area (Å²) in [6.07, 6.45) is 1.68. The summed E-state index contributed by atoms with van der Waals surface area (Å²) >= 11 is 0. The van der Waals surface area contributed by atoms with Crippen LogP contribution in [0.5, 0.6) is 5.75 Å². The van der Waals surface area contributed by atoms with Gasteiger partial charge < -0.3 is 24.8 Å². The Bertz CT molecular complexity index is 941. The van der Waals surface area contributed by atoms with Crippen LogP contribution in [-0.2, 0) is 15.7 Å². The average molecular weight is 543 g/mol. The molecule has 0 bridgehead atoms. The normalized spacial score (nSPS) is 23.2. The first-order chi connectivity index (χ1) is 17.8. The first kappa shape index (κ1) is 31.9. The number of halogens is 3. The minimum atomic E-state index is -4.59. The number of aliphatic hydroxyl groups excluding tert-OH is 3. The van der Waals surface area contributed by atoms with E-state index in [1.807, 2.05) is 12.2 Å². The smallest absolute Gasteiger partial charge is 0.419 e. The molecule has 3 N–H and O–H groups in total. The third-order valence-electron chi connectivity index (χ3n) is 6.54. The number of allylic oxidation sites excluding steroid dienone is 2. The van der Waals surface area contributed by atoms with Crippen LogP contribution in [0.4, 0.5) is 13.2 Å². The number of unbranched alkanes of at least 4 members (excludes halogenated alkanes) is 1. The third kappa shape index (κ3) is 9.75. The second kappa shape index (κ2) is 14.7. The highest BCUT2D eigenvalue weighted by Gasteiger charge is 2.39. The number of ether oxygens (including phenoxy) is 2. The van der Waals surface area contributed by atoms with Crippen LogP contribution in [0.15, 0.2) is 42.5 Å². The summed E-state index contributed by atoms with van der Waals surface area (Å²) in [4.78, 5) is 11.6. The van der Waals surface area contributed by atoms with Crippen molar-refractivity contribution < 1.29 is 42.8 Å². The molecule has 6 nitrogen and oxygen atoms in total. The standard InChI is InChI=1S/C29H41F3O6/c1-18(2)21-11-9-12-24(29(30,31)32)28(21)37-17-20(33)14-15-23-22(25(34)16-26(23)35)10-7-5-6-8-13-27(36)38-19(3)4/h5,7,9,11-12,14-15,18-20,22-23,25-26,33-35H,6,8,10,13,16-17H2,1-4H3/b7-5-,15-14+/t20-,22-,23-,25+,26-/m1/s1. The van der Waals surface area contributed by atoms with Crippen LogP contribution in [0.25, 0.3) is 0 Å². The number of alkyl halides is 3. The van der Waals surface area contributed by atoms with E-state index in [0.717, 1.165) is 6.07 Å². The predicted molar refractivity (Wildman–Crippen MR) is 139 cm³/mol. The summed E-state index contributed by atoms with van der Waals surface area (Å²) in [5.41, 5.74) is -0.494. The Hall–Kier alpha value is -2.36. The number of para-hydroxylation sites is 1. The lowest BCUT2D eigenvalue weighted by molar-refractivity contribution is -0.147. The summed E-state index contributed by atoms with van der Waals surface area (Å²) in [6, 6.07) is 3.86. The van der Waals surface area contributed by atoms with E-state index in [1.54, 1.807) is 39.8 Å². The molecule has 0 aliphatic heterocycles. The van der Waals surface area contributed by atoms with Crippen LogP contribution in [0.1, 0.15) is 76.8 Å². The highest BCUT2D eigenvalue weighted by molar-refractivity contribution is 5.69. The van der Waals surface area contributed by atoms with E-state index in [1.165, 1.54) is 12.1 Å². The van der Waals surface area contributed by atoms with Crippen molar-refractivity contribution >= 4 is 5.97 Å². The molecule has 0 saturated heterocycles. The van der Waals surface area contributed by atoms with Gasteiger partial charge in [-0.3, -0.25) is 4.79 Å². The van der Waals surface area contributed by atoms with Crippen molar-refractivity contribution in [2.75, 3.05) is 6.61 Å². The number of esters is 1. The molecule has 1 aromatic carbocycles. The molecule has 9 heteroatoms. The molecule has 214 valence electrons. The second-order valence-corrected chi connectivity index (χ2v) is 10.4. The van der Waals surface area contributed by atoms with E-state index in [0.29, 0.717) is 31.2 Å². The SMILES string of the molecule is CC(C)OC(=O)CCC/C=C\C[C@@H]1[C@@H](/C=C/[C@@H](O)COc2c(C(C)C)cccc2C(F)(F)F)[C@H](O)C[C@@H]1O. The molecule has 0 spiro atoms. The van der Waals surface area contributed by atoms with Crippen LogP contribution in [-0.4, -0.2) is 52.3 Å². The molecule has 2 rings (SSSR count). The maximum absolute atomic E-state index is 13.5. The maximum Gasteiger partial charge on any atom is 0.419 e. The zero-order valence-electron chi connectivity index (χ0n) is 22.5. The molecular weight excluding hydrogens is 501 g/mol. The number of hydrogen-bond acceptors (Lipinski definition) is 6. The molecule has 5 atom stereocenters. The van der Waals surface area contributed by atoms with Gasteiger partial charge in [0.1, 0.15) is 18.5 Å². The fraction of sp³-hybridized carbons (Fsp3) is 0.621. The van der Waals surface area contributed by atoms with E-state index in [-0.39, 0.29) is 36.1 Å². The van der Waals surface area contributed by atoms with Crippen LogP contribution >= 0.6 is 0 Å². The van der Waals surface area contributed by atoms with E-state index in [9.17, 15) is 33.3 Å². The lowest BCUT2D eigenvalue weighted by Gasteiger charge is -2.21. The van der Waals surface area contributed by atoms with Crippen molar-refractivity contribution in [3.63, 3.8) is 0 Å². The zero-order chi connectivity index (χ0) is 28.5. The minimum absolute atomic E-state index is 0.142. The Morgan fingerprint density at radius 2 is 1.84 bits per heavy atom. The molecule has 1 aliphatic rings. The number of rotatable bonds is 13. The molecule has 0 unspecified atom stereocenters. The van der Waals surface area contributed by atoms with Gasteiger partial charge in [-0.25, -0.2) is 0 Å². The number of benzene rings is 1. The minimum Gasteiger partial charge on any atom is -0.490 e. The van der Waals surface area contributed by atoms with Gasteiger partial charge in [-0.15, -0.1) is 0 Å². The lowest BCUT2D eigenvalue weighted by Crippen LogP contribution is -2.22. The lowest BCUT2D eigenvalue weighted by atomic mass is 9.89. The van der Waals surface area contributed by atoms with Crippen molar-refractivity contribution in [1.29, 1.82) is 0 Å². The quantitative estimate of drug-likeness (QED) is 0.172. The number of aliphatic hydroxyl groups is 3. The summed E-state index contributed by atoms with van der Waals surface area (Å²) in [6.45, 7) is 6.73. The van der Waals surface area contributed by atoms with E-state index < -0.39 is 42.6 Å². The predicted octanol–water partition coefficient (Wildman–Crippen LogP) is 5.55. The largest absolute Gasteiger partial charge is 0.490 e. The van der Waals surface area contributed by atoms with Crippen LogP contribution in [0, 0.1) is 11.8 Å². The Kier molecular flexibility index (Phi) is 12.3. The van der Waals surface area contributed by atoms with Gasteiger partial charge in [-0.1, -0.05) is 50.3 Å². The molecule has 0 amide bonds. The molecule has 0 radical (unpaired) electrons. The van der Waals surface area contributed by atoms with Gasteiger partial charge in [0.15, 0.2) is 0 Å². The molecule has 1 aliphatic carbocycles. The van der Waals surface area contributed by atoms with Crippen molar-refractivity contribution in [3.8, 4) is 5.75 Å². The topological polar surface area (TPSA) is 96.2 Å². The summed E-state index contributed by atoms with van der Waals surface area (Å²) < 4.78 is 51.1. The first-order valence-corrected chi connectivity index (χ1v) is 13.2. The van der Waals surface area contributed by atoms with Gasteiger partial charge in [-0.2, -0.15) is 13.2 Å². The number of carbonyl (C=O) groups excluding carboxylic acids is 1. The van der Waals surface area contributed by atoms with Crippen molar-refractivity contribution in [3.05, 3.63) is 53.6 Å². The average Bonchev–Trinajstić information content (AvgIpc) is 3.08. The Labute approximate surface area is 223 Å². The van der Waals surface area contributed by atoms with E-state index >= 15 is 0 Å². The Balaban J connectivity index is 1.95. The Morgan fingerprint density at radius 1 is 1.13 bits per heavy atom. The molecule has 1 aromatic rings. The molecule has 0 heterocycles.